The normalized spacial score (nSPS) is 13.6. The van der Waals surface area contributed by atoms with Gasteiger partial charge in [-0.25, -0.2) is 0 Å². The molecule has 1 heterocycles. The van der Waals surface area contributed by atoms with Crippen molar-refractivity contribution in [3.8, 4) is 0 Å². The van der Waals surface area contributed by atoms with Gasteiger partial charge < -0.3 is 4.42 Å². The predicted molar refractivity (Wildman–Crippen MR) is 142 cm³/mol. The summed E-state index contributed by atoms with van der Waals surface area (Å²) in [6.45, 7) is 1.86. The van der Waals surface area contributed by atoms with Crippen LogP contribution in [-0.4, -0.2) is 16.5 Å². The van der Waals surface area contributed by atoms with E-state index in [0.717, 1.165) is 40.4 Å². The zero-order valence-electron chi connectivity index (χ0n) is 20.2. The van der Waals surface area contributed by atoms with Crippen molar-refractivity contribution in [2.45, 2.75) is 26.2 Å². The Morgan fingerprint density at radius 2 is 1.57 bits per heavy atom. The first-order valence-corrected chi connectivity index (χ1v) is 11.9. The maximum atomic E-state index is 13.5. The number of carbonyl (C=O) groups excluding carboxylic acids is 1. The van der Waals surface area contributed by atoms with Crippen LogP contribution in [0.15, 0.2) is 94.4 Å². The summed E-state index contributed by atoms with van der Waals surface area (Å²) in [4.78, 5) is 23.9. The summed E-state index contributed by atoms with van der Waals surface area (Å²) in [5, 5.41) is 17.2. The van der Waals surface area contributed by atoms with Gasteiger partial charge in [0.15, 0.2) is 5.76 Å². The summed E-state index contributed by atoms with van der Waals surface area (Å²) in [6, 6.07) is 25.2. The quantitative estimate of drug-likeness (QED) is 0.235. The standard InChI is InChI=1S/C28H25N5O4/c1-19-26-24(30-29-20-15-17-23(18-16-20)33(35)36)13-8-14-25(26)37-27(19)28(34)31-32(21-9-4-2-5-10-21)22-11-6-3-7-12-22/h2-7,9-12,15-18,29H,8,13-14H2,1H3,(H,31,34)/b30-24+. The van der Waals surface area contributed by atoms with Gasteiger partial charge in [0, 0.05) is 29.7 Å². The fourth-order valence-corrected chi connectivity index (χ4v) is 4.37. The molecule has 9 heteroatoms. The highest BCUT2D eigenvalue weighted by Gasteiger charge is 2.29. The number of aryl methyl sites for hydroxylation is 1. The molecule has 1 aliphatic carbocycles. The Hall–Kier alpha value is -4.92. The van der Waals surface area contributed by atoms with Crippen LogP contribution >= 0.6 is 0 Å². The molecule has 9 nitrogen and oxygen atoms in total. The van der Waals surface area contributed by atoms with Crippen LogP contribution in [-0.2, 0) is 6.42 Å². The molecule has 0 saturated heterocycles. The number of amides is 1. The van der Waals surface area contributed by atoms with E-state index in [2.05, 4.69) is 16.0 Å². The average molecular weight is 496 g/mol. The van der Waals surface area contributed by atoms with E-state index in [9.17, 15) is 14.9 Å². The highest BCUT2D eigenvalue weighted by Crippen LogP contribution is 2.31. The topological polar surface area (TPSA) is 113 Å². The number of nitrogens with one attached hydrogen (secondary N) is 2. The molecule has 3 aromatic carbocycles. The summed E-state index contributed by atoms with van der Waals surface area (Å²) >= 11 is 0. The van der Waals surface area contributed by atoms with Crippen LogP contribution in [0.5, 0.6) is 0 Å². The van der Waals surface area contributed by atoms with Crippen molar-refractivity contribution in [1.82, 2.24) is 5.43 Å². The van der Waals surface area contributed by atoms with Gasteiger partial charge in [-0.3, -0.25) is 30.8 Å². The molecular formula is C28H25N5O4. The molecular weight excluding hydrogens is 470 g/mol. The lowest BCUT2D eigenvalue weighted by molar-refractivity contribution is -0.384. The number of furan rings is 1. The van der Waals surface area contributed by atoms with Gasteiger partial charge in [-0.15, -0.1) is 0 Å². The Bertz CT molecular complexity index is 1410. The van der Waals surface area contributed by atoms with Crippen LogP contribution < -0.4 is 15.9 Å². The number of non-ortho nitro benzene ring substituents is 1. The number of para-hydroxylation sites is 2. The van der Waals surface area contributed by atoms with Gasteiger partial charge in [0.25, 0.3) is 5.69 Å². The lowest BCUT2D eigenvalue weighted by Crippen LogP contribution is -2.39. The number of anilines is 3. The monoisotopic (exact) mass is 495 g/mol. The number of hydrazone groups is 1. The van der Waals surface area contributed by atoms with Gasteiger partial charge in [-0.2, -0.15) is 5.10 Å². The van der Waals surface area contributed by atoms with Gasteiger partial charge in [0.1, 0.15) is 5.76 Å². The van der Waals surface area contributed by atoms with Crippen LogP contribution in [0, 0.1) is 17.0 Å². The molecule has 1 amide bonds. The molecule has 2 N–H and O–H groups in total. The van der Waals surface area contributed by atoms with Crippen molar-refractivity contribution in [2.75, 3.05) is 10.4 Å². The second-order valence-corrected chi connectivity index (χ2v) is 8.63. The molecule has 5 rings (SSSR count). The number of carbonyl (C=O) groups is 1. The van der Waals surface area contributed by atoms with E-state index in [1.165, 1.54) is 12.1 Å². The summed E-state index contributed by atoms with van der Waals surface area (Å²) in [6.07, 6.45) is 2.26. The molecule has 0 atom stereocenters. The third-order valence-corrected chi connectivity index (χ3v) is 6.17. The first kappa shape index (κ1) is 23.8. The summed E-state index contributed by atoms with van der Waals surface area (Å²) < 4.78 is 6.07. The number of hydrazine groups is 1. The van der Waals surface area contributed by atoms with Crippen LogP contribution in [0.2, 0.25) is 0 Å². The van der Waals surface area contributed by atoms with Crippen LogP contribution in [0.3, 0.4) is 0 Å². The van der Waals surface area contributed by atoms with Gasteiger partial charge >= 0.3 is 5.91 Å². The maximum Gasteiger partial charge on any atom is 0.306 e. The lowest BCUT2D eigenvalue weighted by atomic mass is 9.93. The van der Waals surface area contributed by atoms with Gasteiger partial charge in [0.2, 0.25) is 0 Å². The Labute approximate surface area is 213 Å². The molecule has 0 unspecified atom stereocenters. The van der Waals surface area contributed by atoms with Gasteiger partial charge in [-0.1, -0.05) is 36.4 Å². The molecule has 0 spiro atoms. The van der Waals surface area contributed by atoms with Crippen molar-refractivity contribution >= 4 is 34.4 Å². The van der Waals surface area contributed by atoms with Crippen molar-refractivity contribution < 1.29 is 14.1 Å². The Kier molecular flexibility index (Phi) is 6.67. The van der Waals surface area contributed by atoms with E-state index < -0.39 is 4.92 Å². The molecule has 0 saturated carbocycles. The van der Waals surface area contributed by atoms with Crippen molar-refractivity contribution in [3.05, 3.63) is 118 Å². The minimum absolute atomic E-state index is 0.0135. The van der Waals surface area contributed by atoms with E-state index in [1.54, 1.807) is 17.1 Å². The van der Waals surface area contributed by atoms with E-state index in [0.29, 0.717) is 18.5 Å². The third-order valence-electron chi connectivity index (χ3n) is 6.17. The zero-order chi connectivity index (χ0) is 25.8. The number of rotatable bonds is 7. The molecule has 1 aliphatic rings. The summed E-state index contributed by atoms with van der Waals surface area (Å²) in [5.74, 6) is 0.609. The fourth-order valence-electron chi connectivity index (χ4n) is 4.37. The first-order chi connectivity index (χ1) is 18.0. The highest BCUT2D eigenvalue weighted by molar-refractivity contribution is 6.07. The Balaban J connectivity index is 1.41. The fraction of sp³-hybridized carbons (Fsp3) is 0.143. The van der Waals surface area contributed by atoms with E-state index in [4.69, 9.17) is 4.42 Å². The largest absolute Gasteiger partial charge is 0.455 e. The minimum Gasteiger partial charge on any atom is -0.455 e. The molecule has 0 radical (unpaired) electrons. The predicted octanol–water partition coefficient (Wildman–Crippen LogP) is 6.13. The van der Waals surface area contributed by atoms with Crippen LogP contribution in [0.1, 0.15) is 40.3 Å². The van der Waals surface area contributed by atoms with E-state index >= 15 is 0 Å². The van der Waals surface area contributed by atoms with Crippen molar-refractivity contribution in [2.24, 2.45) is 5.10 Å². The third kappa shape index (κ3) is 5.06. The molecule has 186 valence electrons. The highest BCUT2D eigenvalue weighted by atomic mass is 16.6. The molecule has 37 heavy (non-hydrogen) atoms. The Morgan fingerprint density at radius 1 is 0.946 bits per heavy atom. The molecule has 0 aliphatic heterocycles. The first-order valence-electron chi connectivity index (χ1n) is 11.9. The second-order valence-electron chi connectivity index (χ2n) is 8.63. The number of hydrogen-bond donors (Lipinski definition) is 2. The maximum absolute atomic E-state index is 13.5. The van der Waals surface area contributed by atoms with Gasteiger partial charge in [0.05, 0.1) is 27.7 Å². The number of nitro groups is 1. The molecule has 4 aromatic rings. The smallest absolute Gasteiger partial charge is 0.306 e. The van der Waals surface area contributed by atoms with E-state index in [-0.39, 0.29) is 17.4 Å². The number of nitro benzene ring substituents is 1. The van der Waals surface area contributed by atoms with Crippen LogP contribution in [0.25, 0.3) is 0 Å². The van der Waals surface area contributed by atoms with E-state index in [1.807, 2.05) is 67.6 Å². The van der Waals surface area contributed by atoms with Crippen LogP contribution in [0.4, 0.5) is 22.7 Å². The summed E-state index contributed by atoms with van der Waals surface area (Å²) in [7, 11) is 0. The number of nitrogens with zero attached hydrogens (tertiary/aromatic N) is 3. The second kappa shape index (κ2) is 10.4. The number of benzene rings is 3. The van der Waals surface area contributed by atoms with Gasteiger partial charge in [-0.05, 0) is 56.2 Å². The SMILES string of the molecule is Cc1c(C(=O)NN(c2ccccc2)c2ccccc2)oc2c1/C(=N/Nc1ccc([N+](=O)[O-])cc1)CCC2. The van der Waals surface area contributed by atoms with Crippen molar-refractivity contribution in [3.63, 3.8) is 0 Å². The zero-order valence-corrected chi connectivity index (χ0v) is 20.2. The molecule has 1 aromatic heterocycles. The molecule has 0 fully saturated rings. The summed E-state index contributed by atoms with van der Waals surface area (Å²) in [5.41, 5.74) is 10.6. The molecule has 0 bridgehead atoms. The Morgan fingerprint density at radius 3 is 2.16 bits per heavy atom. The lowest BCUT2D eigenvalue weighted by Gasteiger charge is -2.25. The van der Waals surface area contributed by atoms with Crippen molar-refractivity contribution in [1.29, 1.82) is 0 Å². The average Bonchev–Trinajstić information content (AvgIpc) is 3.28. The minimum atomic E-state index is -0.443. The number of fused-ring (bicyclic) bond motifs is 1. The number of hydrogen-bond acceptors (Lipinski definition) is 7.